The molecule has 0 saturated carbocycles. The normalized spacial score (nSPS) is 24.9. The fourth-order valence-corrected chi connectivity index (χ4v) is 14.3. The van der Waals surface area contributed by atoms with Crippen molar-refractivity contribution >= 4 is 58.8 Å². The van der Waals surface area contributed by atoms with Gasteiger partial charge < -0.3 is 40.5 Å². The molecule has 4 aliphatic heterocycles. The van der Waals surface area contributed by atoms with Gasteiger partial charge in [-0.1, -0.05) is 141 Å². The van der Waals surface area contributed by atoms with Gasteiger partial charge in [-0.25, -0.2) is 0 Å². The quantitative estimate of drug-likeness (QED) is 0.0602. The highest BCUT2D eigenvalue weighted by Crippen LogP contribution is 2.48. The number of benzene rings is 2. The number of rotatable bonds is 28. The predicted octanol–water partition coefficient (Wildman–Crippen LogP) is 8.54. The summed E-state index contributed by atoms with van der Waals surface area (Å²) in [5, 5.41) is 12.0. The van der Waals surface area contributed by atoms with Gasteiger partial charge >= 0.3 is 0 Å². The van der Waals surface area contributed by atoms with Gasteiger partial charge in [-0.2, -0.15) is 0 Å². The summed E-state index contributed by atoms with van der Waals surface area (Å²) in [5.41, 5.74) is 1.14. The number of carbonyl (C=O) groups is 6. The molecule has 0 radical (unpaired) electrons. The number of ketones is 1. The smallest absolute Gasteiger partial charge is 0.246 e. The average Bonchev–Trinajstić information content (AvgIpc) is 3.71. The van der Waals surface area contributed by atoms with Crippen LogP contribution in [0.4, 0.5) is 0 Å². The van der Waals surface area contributed by atoms with Crippen LogP contribution in [0.1, 0.15) is 161 Å². The van der Waals surface area contributed by atoms with E-state index in [9.17, 15) is 28.8 Å². The van der Waals surface area contributed by atoms with Gasteiger partial charge in [0, 0.05) is 31.5 Å². The Hall–Kier alpha value is -3.96. The van der Waals surface area contributed by atoms with E-state index in [0.717, 1.165) is 80.4 Å². The Morgan fingerprint density at radius 1 is 0.662 bits per heavy atom. The van der Waals surface area contributed by atoms with Crippen molar-refractivity contribution in [3.8, 4) is 0 Å². The van der Waals surface area contributed by atoms with E-state index in [1.54, 1.807) is 47.3 Å². The molecule has 0 spiro atoms. The molecule has 0 bridgehead atoms. The standard InChI is InChI=1S/C58H88N6O8S2/c1-9-39(2)52(66)60-44-28-32-74-49-36-58(6,7)51(64(49)56(44)70)54(68)62-46(42-26-20-17-21-27-42)38-72-31-23-15-13-11-10-12-14-22-30-71-37-43(41-24-18-16-19-25-41)34-47(65)50-57(4,5)35-48-63(50)55(69)45(29-33-73-48)61-53(67)40(3)59-8/h16-21,24-27,39-40,43-46,48-51,59H,9-15,22-23,28-38H2,1-8H3,(H,60,66)(H,61,67)(H,62,68)/t39-,40+,43-,44+,45+,46-,48+,49+,50-,51-/m1/s1. The number of hydrogen-bond acceptors (Lipinski definition) is 11. The molecule has 0 aliphatic carbocycles. The van der Waals surface area contributed by atoms with Crippen molar-refractivity contribution in [1.82, 2.24) is 31.1 Å². The van der Waals surface area contributed by atoms with Crippen LogP contribution in [-0.4, -0.2) is 131 Å². The van der Waals surface area contributed by atoms with Gasteiger partial charge in [-0.3, -0.25) is 28.8 Å². The van der Waals surface area contributed by atoms with Crippen LogP contribution in [0.3, 0.4) is 0 Å². The van der Waals surface area contributed by atoms with E-state index in [-0.39, 0.29) is 70.4 Å². The summed E-state index contributed by atoms with van der Waals surface area (Å²) in [7, 11) is 1.72. The highest BCUT2D eigenvalue weighted by Gasteiger charge is 2.56. The van der Waals surface area contributed by atoms with E-state index in [1.165, 1.54) is 0 Å². The number of unbranched alkanes of at least 4 members (excludes halogenated alkanes) is 7. The second kappa shape index (κ2) is 28.4. The maximum Gasteiger partial charge on any atom is 0.246 e. The monoisotopic (exact) mass is 1060 g/mol. The summed E-state index contributed by atoms with van der Waals surface area (Å²) in [5.74, 6) is 0.309. The van der Waals surface area contributed by atoms with Crippen molar-refractivity contribution in [3.05, 3.63) is 71.8 Å². The van der Waals surface area contributed by atoms with Crippen molar-refractivity contribution in [3.63, 3.8) is 0 Å². The fourth-order valence-electron chi connectivity index (χ4n) is 11.1. The number of amides is 5. The lowest BCUT2D eigenvalue weighted by Crippen LogP contribution is -2.57. The molecule has 74 heavy (non-hydrogen) atoms. The zero-order valence-corrected chi connectivity index (χ0v) is 47.3. The number of hydrogen-bond donors (Lipinski definition) is 4. The maximum absolute atomic E-state index is 14.5. The summed E-state index contributed by atoms with van der Waals surface area (Å²) >= 11 is 3.41. The first kappa shape index (κ1) is 59.3. The average molecular weight is 1060 g/mol. The lowest BCUT2D eigenvalue weighted by Gasteiger charge is -2.35. The number of fused-ring (bicyclic) bond motifs is 2. The summed E-state index contributed by atoms with van der Waals surface area (Å²) in [6.07, 6.45) is 12.0. The van der Waals surface area contributed by atoms with Crippen LogP contribution in [0.2, 0.25) is 0 Å². The Labute approximate surface area is 450 Å². The van der Waals surface area contributed by atoms with Gasteiger partial charge in [0.15, 0.2) is 5.78 Å². The first-order valence-corrected chi connectivity index (χ1v) is 29.8. The lowest BCUT2D eigenvalue weighted by molar-refractivity contribution is -0.144. The Morgan fingerprint density at radius 2 is 1.14 bits per heavy atom. The molecule has 4 heterocycles. The molecular formula is C58H88N6O8S2. The second-order valence-corrected chi connectivity index (χ2v) is 25.2. The van der Waals surface area contributed by atoms with Crippen molar-refractivity contribution in [2.75, 3.05) is 45.0 Å². The molecule has 10 atom stereocenters. The highest BCUT2D eigenvalue weighted by molar-refractivity contribution is 8.00. The zero-order valence-electron chi connectivity index (χ0n) is 45.7. The van der Waals surface area contributed by atoms with E-state index >= 15 is 0 Å². The lowest BCUT2D eigenvalue weighted by atomic mass is 9.79. The molecular weight excluding hydrogens is 973 g/mol. The van der Waals surface area contributed by atoms with E-state index < -0.39 is 41.0 Å². The van der Waals surface area contributed by atoms with E-state index in [0.29, 0.717) is 52.1 Å². The fraction of sp³-hybridized carbons (Fsp3) is 0.690. The van der Waals surface area contributed by atoms with Gasteiger partial charge in [0.25, 0.3) is 0 Å². The van der Waals surface area contributed by atoms with Gasteiger partial charge in [0.1, 0.15) is 18.1 Å². The van der Waals surface area contributed by atoms with Gasteiger partial charge in [0.2, 0.25) is 29.5 Å². The number of nitrogens with zero attached hydrogens (tertiary/aromatic N) is 2. The number of carbonyl (C=O) groups excluding carboxylic acids is 6. The minimum atomic E-state index is -0.676. The number of Topliss-reactive ketones (excluding diaryl/α,β-unsaturated/α-hetero) is 1. The van der Waals surface area contributed by atoms with Crippen molar-refractivity contribution < 1.29 is 38.2 Å². The number of ether oxygens (including phenoxy) is 2. The SMILES string of the molecule is CC[C@@H](C)C(=O)N[C@H]1CCS[C@H]2CC(C)(C)[C@@H](C(=O)N[C@H](COCCCCCCCCCCOC[C@@H](CC(=O)[C@H]3N4C(=O)[C@@H](NC(=O)[C@H](C)NC)CCS[C@H]4CC3(C)C)c3ccccc3)c3ccccc3)N2C1=O. The topological polar surface area (TPSA) is 175 Å². The number of likely N-dealkylation sites (N-methyl/N-ethyl adjacent to an activating group) is 1. The molecule has 410 valence electrons. The molecule has 6 rings (SSSR count). The zero-order chi connectivity index (χ0) is 53.4. The molecule has 2 aromatic rings. The molecule has 14 nitrogen and oxygen atoms in total. The number of thioether (sulfide) groups is 2. The summed E-state index contributed by atoms with van der Waals surface area (Å²) in [6.45, 7) is 15.9. The van der Waals surface area contributed by atoms with Crippen LogP contribution in [0.25, 0.3) is 0 Å². The third-order valence-electron chi connectivity index (χ3n) is 15.8. The van der Waals surface area contributed by atoms with E-state index in [2.05, 4.69) is 61.1 Å². The minimum absolute atomic E-state index is 0.0419. The Morgan fingerprint density at radius 3 is 1.66 bits per heavy atom. The molecule has 4 aliphatic rings. The molecule has 4 fully saturated rings. The predicted molar refractivity (Wildman–Crippen MR) is 296 cm³/mol. The second-order valence-electron chi connectivity index (χ2n) is 22.6. The summed E-state index contributed by atoms with van der Waals surface area (Å²) < 4.78 is 12.5. The van der Waals surface area contributed by atoms with Crippen LogP contribution in [0.5, 0.6) is 0 Å². The van der Waals surface area contributed by atoms with Crippen molar-refractivity contribution in [2.24, 2.45) is 16.7 Å². The van der Waals surface area contributed by atoms with Crippen LogP contribution < -0.4 is 21.3 Å². The van der Waals surface area contributed by atoms with Crippen LogP contribution in [0.15, 0.2) is 60.7 Å². The Bertz CT molecular complexity index is 2000. The number of nitrogens with one attached hydrogen (secondary N) is 4. The van der Waals surface area contributed by atoms with Crippen LogP contribution in [0, 0.1) is 16.7 Å². The summed E-state index contributed by atoms with van der Waals surface area (Å²) in [6, 6.07) is 16.6. The molecule has 0 unspecified atom stereocenters. The third kappa shape index (κ3) is 15.8. The van der Waals surface area contributed by atoms with E-state index in [4.69, 9.17) is 9.47 Å². The van der Waals surface area contributed by atoms with Crippen molar-refractivity contribution in [2.45, 2.75) is 191 Å². The summed E-state index contributed by atoms with van der Waals surface area (Å²) in [4.78, 5) is 86.3. The molecule has 4 N–H and O–H groups in total. The Balaban J connectivity index is 0.898. The largest absolute Gasteiger partial charge is 0.381 e. The first-order valence-electron chi connectivity index (χ1n) is 27.7. The molecule has 5 amide bonds. The van der Waals surface area contributed by atoms with Gasteiger partial charge in [0.05, 0.1) is 42.1 Å². The molecule has 2 aromatic carbocycles. The molecule has 16 heteroatoms. The van der Waals surface area contributed by atoms with E-state index in [1.807, 2.05) is 62.4 Å². The van der Waals surface area contributed by atoms with Crippen LogP contribution >= 0.6 is 23.5 Å². The third-order valence-corrected chi connectivity index (χ3v) is 18.3. The Kier molecular flexibility index (Phi) is 22.8. The molecule has 0 aromatic heterocycles. The molecule has 4 saturated heterocycles. The van der Waals surface area contributed by atoms with Gasteiger partial charge in [-0.15, -0.1) is 23.5 Å². The van der Waals surface area contributed by atoms with Crippen molar-refractivity contribution in [1.29, 1.82) is 0 Å². The first-order chi connectivity index (χ1) is 35.5. The minimum Gasteiger partial charge on any atom is -0.381 e. The van der Waals surface area contributed by atoms with Gasteiger partial charge in [-0.05, 0) is 92.4 Å². The maximum atomic E-state index is 14.5. The highest BCUT2D eigenvalue weighted by atomic mass is 32.2. The van der Waals surface area contributed by atoms with Crippen LogP contribution in [-0.2, 0) is 38.2 Å².